The molecule has 0 fully saturated rings. The molecular formula is C14H22N2O. The van der Waals surface area contributed by atoms with Crippen LogP contribution < -0.4 is 0 Å². The smallest absolute Gasteiger partial charge is 0.0558 e. The van der Waals surface area contributed by atoms with Crippen LogP contribution in [0.2, 0.25) is 0 Å². The predicted molar refractivity (Wildman–Crippen MR) is 69.0 cm³/mol. The second-order valence-electron chi connectivity index (χ2n) is 5.80. The number of β-amino-alcohol motifs (C(OH)–C–C–N with tert-alkyl or cyclic N) is 1. The molecule has 2 heterocycles. The largest absolute Gasteiger partial charge is 0.395 e. The van der Waals surface area contributed by atoms with Crippen LogP contribution in [0.15, 0.2) is 12.1 Å². The first-order valence-electron chi connectivity index (χ1n) is 6.33. The third-order valence-corrected chi connectivity index (χ3v) is 3.31. The van der Waals surface area contributed by atoms with Crippen molar-refractivity contribution in [1.29, 1.82) is 0 Å². The number of hydrogen-bond donors (Lipinski definition) is 1. The van der Waals surface area contributed by atoms with E-state index in [4.69, 9.17) is 10.1 Å². The number of rotatable bonds is 2. The van der Waals surface area contributed by atoms with Crippen molar-refractivity contribution in [2.24, 2.45) is 0 Å². The van der Waals surface area contributed by atoms with E-state index < -0.39 is 0 Å². The van der Waals surface area contributed by atoms with Crippen LogP contribution in [0.3, 0.4) is 0 Å². The number of aliphatic hydroxyl groups excluding tert-OH is 1. The van der Waals surface area contributed by atoms with E-state index in [-0.39, 0.29) is 12.0 Å². The molecule has 0 saturated heterocycles. The highest BCUT2D eigenvalue weighted by molar-refractivity contribution is 5.27. The van der Waals surface area contributed by atoms with Crippen molar-refractivity contribution in [2.75, 3.05) is 19.7 Å². The number of hydrogen-bond acceptors (Lipinski definition) is 3. The van der Waals surface area contributed by atoms with Gasteiger partial charge in [0.2, 0.25) is 0 Å². The average molecular weight is 234 g/mol. The van der Waals surface area contributed by atoms with E-state index in [1.807, 2.05) is 0 Å². The minimum Gasteiger partial charge on any atom is -0.395 e. The van der Waals surface area contributed by atoms with Crippen molar-refractivity contribution in [1.82, 2.24) is 9.88 Å². The van der Waals surface area contributed by atoms with Gasteiger partial charge in [0, 0.05) is 42.9 Å². The van der Waals surface area contributed by atoms with Gasteiger partial charge in [-0.15, -0.1) is 0 Å². The lowest BCUT2D eigenvalue weighted by Gasteiger charge is -2.29. The fourth-order valence-corrected chi connectivity index (χ4v) is 2.22. The van der Waals surface area contributed by atoms with Gasteiger partial charge in [0.1, 0.15) is 0 Å². The lowest BCUT2D eigenvalue weighted by atomic mass is 9.90. The molecule has 1 aromatic rings. The monoisotopic (exact) mass is 234 g/mol. The summed E-state index contributed by atoms with van der Waals surface area (Å²) in [6.07, 6.45) is 0.999. The number of aliphatic hydroxyl groups is 1. The third kappa shape index (κ3) is 2.85. The van der Waals surface area contributed by atoms with Gasteiger partial charge in [-0.2, -0.15) is 0 Å². The first-order valence-corrected chi connectivity index (χ1v) is 6.33. The Morgan fingerprint density at radius 3 is 2.76 bits per heavy atom. The lowest BCUT2D eigenvalue weighted by Crippen LogP contribution is -2.33. The molecule has 94 valence electrons. The quantitative estimate of drug-likeness (QED) is 0.846. The topological polar surface area (TPSA) is 36.4 Å². The Morgan fingerprint density at radius 1 is 1.35 bits per heavy atom. The highest BCUT2D eigenvalue weighted by Gasteiger charge is 2.21. The molecule has 3 nitrogen and oxygen atoms in total. The molecule has 1 aliphatic rings. The molecule has 0 aliphatic carbocycles. The summed E-state index contributed by atoms with van der Waals surface area (Å²) in [4.78, 5) is 7.07. The van der Waals surface area contributed by atoms with Crippen LogP contribution in [-0.2, 0) is 18.4 Å². The van der Waals surface area contributed by atoms with Gasteiger partial charge in [-0.3, -0.25) is 9.88 Å². The first kappa shape index (κ1) is 12.5. The normalized spacial score (nSPS) is 16.9. The summed E-state index contributed by atoms with van der Waals surface area (Å²) in [7, 11) is 0. The van der Waals surface area contributed by atoms with Gasteiger partial charge in [0.25, 0.3) is 0 Å². The Kier molecular flexibility index (Phi) is 3.50. The summed E-state index contributed by atoms with van der Waals surface area (Å²) >= 11 is 0. The van der Waals surface area contributed by atoms with Gasteiger partial charge >= 0.3 is 0 Å². The molecule has 0 bridgehead atoms. The number of pyridine rings is 1. The van der Waals surface area contributed by atoms with E-state index in [1.165, 1.54) is 17.0 Å². The van der Waals surface area contributed by atoms with E-state index in [0.29, 0.717) is 0 Å². The Morgan fingerprint density at radius 2 is 2.12 bits per heavy atom. The third-order valence-electron chi connectivity index (χ3n) is 3.31. The molecule has 3 heteroatoms. The Bertz CT molecular complexity index is 396. The molecule has 0 saturated carbocycles. The van der Waals surface area contributed by atoms with E-state index >= 15 is 0 Å². The van der Waals surface area contributed by atoms with Crippen LogP contribution in [0, 0.1) is 0 Å². The van der Waals surface area contributed by atoms with Crippen molar-refractivity contribution in [2.45, 2.75) is 39.2 Å². The Balaban J connectivity index is 2.20. The summed E-state index contributed by atoms with van der Waals surface area (Å²) in [5.74, 6) is 0. The summed E-state index contributed by atoms with van der Waals surface area (Å²) in [6, 6.07) is 4.34. The van der Waals surface area contributed by atoms with E-state index in [1.54, 1.807) is 0 Å². The van der Waals surface area contributed by atoms with Crippen LogP contribution >= 0.6 is 0 Å². The predicted octanol–water partition coefficient (Wildman–Crippen LogP) is 1.73. The number of nitrogens with zero attached hydrogens (tertiary/aromatic N) is 2. The Hall–Kier alpha value is -0.930. The number of fused-ring (bicyclic) bond motifs is 1. The standard InChI is InChI=1S/C14H22N2O/c1-14(2,3)13-5-4-11-10-16(8-9-17)7-6-12(11)15-13/h4-5,17H,6-10H2,1-3H3. The molecule has 1 N–H and O–H groups in total. The van der Waals surface area contributed by atoms with Gasteiger partial charge < -0.3 is 5.11 Å². The van der Waals surface area contributed by atoms with Gasteiger partial charge in [0.15, 0.2) is 0 Å². The summed E-state index contributed by atoms with van der Waals surface area (Å²) < 4.78 is 0. The minimum atomic E-state index is 0.122. The zero-order chi connectivity index (χ0) is 12.5. The lowest BCUT2D eigenvalue weighted by molar-refractivity contribution is 0.183. The molecule has 0 amide bonds. The van der Waals surface area contributed by atoms with Gasteiger partial charge in [-0.25, -0.2) is 0 Å². The maximum atomic E-state index is 8.96. The molecule has 1 aliphatic heterocycles. The van der Waals surface area contributed by atoms with Crippen LogP contribution in [0.5, 0.6) is 0 Å². The van der Waals surface area contributed by atoms with Gasteiger partial charge in [-0.05, 0) is 11.6 Å². The average Bonchev–Trinajstić information content (AvgIpc) is 2.27. The van der Waals surface area contributed by atoms with Crippen LogP contribution in [-0.4, -0.2) is 34.7 Å². The molecule has 2 rings (SSSR count). The highest BCUT2D eigenvalue weighted by atomic mass is 16.3. The molecule has 0 unspecified atom stereocenters. The molecule has 0 aromatic carbocycles. The summed E-state index contributed by atoms with van der Waals surface area (Å²) in [5, 5.41) is 8.96. The molecular weight excluding hydrogens is 212 g/mol. The van der Waals surface area contributed by atoms with Gasteiger partial charge in [-0.1, -0.05) is 26.8 Å². The minimum absolute atomic E-state index is 0.122. The van der Waals surface area contributed by atoms with E-state index in [2.05, 4.69) is 37.8 Å². The Labute approximate surface area is 103 Å². The number of aromatic nitrogens is 1. The van der Waals surface area contributed by atoms with Crippen molar-refractivity contribution in [3.8, 4) is 0 Å². The highest BCUT2D eigenvalue weighted by Crippen LogP contribution is 2.24. The second kappa shape index (κ2) is 4.75. The zero-order valence-electron chi connectivity index (χ0n) is 11.0. The fraction of sp³-hybridized carbons (Fsp3) is 0.643. The summed E-state index contributed by atoms with van der Waals surface area (Å²) in [5.41, 5.74) is 3.85. The molecule has 0 atom stereocenters. The fourth-order valence-electron chi connectivity index (χ4n) is 2.22. The van der Waals surface area contributed by atoms with Crippen LogP contribution in [0.25, 0.3) is 0 Å². The SMILES string of the molecule is CC(C)(C)c1ccc2c(n1)CCN(CCO)C2. The maximum Gasteiger partial charge on any atom is 0.0558 e. The molecule has 0 spiro atoms. The van der Waals surface area contributed by atoms with Crippen molar-refractivity contribution >= 4 is 0 Å². The van der Waals surface area contributed by atoms with Crippen LogP contribution in [0.4, 0.5) is 0 Å². The molecule has 17 heavy (non-hydrogen) atoms. The summed E-state index contributed by atoms with van der Waals surface area (Å²) in [6.45, 7) is 9.53. The zero-order valence-corrected chi connectivity index (χ0v) is 11.0. The van der Waals surface area contributed by atoms with Crippen molar-refractivity contribution < 1.29 is 5.11 Å². The van der Waals surface area contributed by atoms with E-state index in [9.17, 15) is 0 Å². The van der Waals surface area contributed by atoms with E-state index in [0.717, 1.165) is 26.1 Å². The second-order valence-corrected chi connectivity index (χ2v) is 5.80. The maximum absolute atomic E-state index is 8.96. The molecule has 1 aromatic heterocycles. The van der Waals surface area contributed by atoms with Gasteiger partial charge in [0.05, 0.1) is 6.61 Å². The first-order chi connectivity index (χ1) is 8.00. The molecule has 0 radical (unpaired) electrons. The van der Waals surface area contributed by atoms with Crippen LogP contribution in [0.1, 0.15) is 37.7 Å². The van der Waals surface area contributed by atoms with Crippen molar-refractivity contribution in [3.05, 3.63) is 29.1 Å². The van der Waals surface area contributed by atoms with Crippen molar-refractivity contribution in [3.63, 3.8) is 0 Å².